The molecule has 0 aliphatic rings. The molecular weight excluding hydrogens is 511 g/mol. The van der Waals surface area contributed by atoms with Gasteiger partial charge in [0.05, 0.1) is 26.1 Å². The van der Waals surface area contributed by atoms with Crippen LogP contribution in [0, 0.1) is 5.82 Å². The molecule has 1 N–H and O–H groups in total. The van der Waals surface area contributed by atoms with Gasteiger partial charge in [-0.1, -0.05) is 0 Å². The van der Waals surface area contributed by atoms with Gasteiger partial charge in [0.2, 0.25) is 0 Å². The van der Waals surface area contributed by atoms with Gasteiger partial charge in [-0.2, -0.15) is 0 Å². The summed E-state index contributed by atoms with van der Waals surface area (Å²) in [6, 6.07) is 7.49. The van der Waals surface area contributed by atoms with Crippen molar-refractivity contribution in [3.63, 3.8) is 0 Å². The van der Waals surface area contributed by atoms with Gasteiger partial charge in [0.15, 0.2) is 17.2 Å². The zero-order valence-corrected chi connectivity index (χ0v) is 19.8. The van der Waals surface area contributed by atoms with Gasteiger partial charge < -0.3 is 14.4 Å². The molecule has 34 heavy (non-hydrogen) atoms. The third-order valence-electron chi connectivity index (χ3n) is 4.97. The fourth-order valence-corrected chi connectivity index (χ4v) is 3.67. The van der Waals surface area contributed by atoms with Crippen LogP contribution in [0.4, 0.5) is 20.7 Å². The maximum Gasteiger partial charge on any atom is 0.412 e. The Morgan fingerprint density at radius 3 is 2.62 bits per heavy atom. The molecule has 0 spiro atoms. The van der Waals surface area contributed by atoms with E-state index in [9.17, 15) is 14.0 Å². The van der Waals surface area contributed by atoms with Gasteiger partial charge in [-0.15, -0.1) is 0 Å². The van der Waals surface area contributed by atoms with E-state index in [1.54, 1.807) is 42.2 Å². The zero-order chi connectivity index (χ0) is 24.4. The van der Waals surface area contributed by atoms with Gasteiger partial charge in [0, 0.05) is 36.8 Å². The topological polar surface area (TPSA) is 111 Å². The Hall–Kier alpha value is -4.06. The first kappa shape index (κ1) is 23.1. The van der Waals surface area contributed by atoms with Crippen molar-refractivity contribution in [1.82, 2.24) is 19.4 Å². The summed E-state index contributed by atoms with van der Waals surface area (Å²) in [6.07, 6.45) is 4.11. The van der Waals surface area contributed by atoms with E-state index in [1.165, 1.54) is 37.3 Å². The largest absolute Gasteiger partial charge is 0.494 e. The van der Waals surface area contributed by atoms with Gasteiger partial charge in [0.25, 0.3) is 5.91 Å². The molecule has 3 heterocycles. The maximum atomic E-state index is 13.8. The molecule has 0 aliphatic carbocycles. The second kappa shape index (κ2) is 9.43. The Morgan fingerprint density at radius 1 is 1.15 bits per heavy atom. The first-order chi connectivity index (χ1) is 16.3. The van der Waals surface area contributed by atoms with E-state index in [1.807, 2.05) is 0 Å². The number of carbonyl (C=O) groups is 2. The molecule has 174 valence electrons. The minimum atomic E-state index is -0.629. The van der Waals surface area contributed by atoms with Gasteiger partial charge in [-0.3, -0.25) is 14.5 Å². The summed E-state index contributed by atoms with van der Waals surface area (Å²) in [4.78, 5) is 38.8. The van der Waals surface area contributed by atoms with Gasteiger partial charge in [-0.05, 0) is 40.2 Å². The SMILES string of the molecule is COC(=O)Nc1ccc(-c2cnc3c(Br)nc(C(=O)N(C)c4ccc(F)c(OC)c4)cn23)cn1. The Morgan fingerprint density at radius 2 is 1.94 bits per heavy atom. The summed E-state index contributed by atoms with van der Waals surface area (Å²) in [5.74, 6) is -0.610. The number of nitrogens with zero attached hydrogens (tertiary/aromatic N) is 5. The number of rotatable bonds is 5. The molecule has 0 unspecified atom stereocenters. The average molecular weight is 529 g/mol. The van der Waals surface area contributed by atoms with Crippen LogP contribution in [0.15, 0.2) is 53.5 Å². The number of methoxy groups -OCH3 is 2. The molecule has 12 heteroatoms. The number of nitrogens with one attached hydrogen (secondary N) is 1. The molecule has 4 aromatic rings. The minimum Gasteiger partial charge on any atom is -0.494 e. The van der Waals surface area contributed by atoms with Crippen LogP contribution >= 0.6 is 15.9 Å². The first-order valence-electron chi connectivity index (χ1n) is 9.79. The van der Waals surface area contributed by atoms with Crippen molar-refractivity contribution in [3.05, 3.63) is 65.0 Å². The minimum absolute atomic E-state index is 0.0243. The van der Waals surface area contributed by atoms with Crippen molar-refractivity contribution in [2.75, 3.05) is 31.5 Å². The van der Waals surface area contributed by atoms with Crippen molar-refractivity contribution in [3.8, 4) is 17.0 Å². The summed E-state index contributed by atoms with van der Waals surface area (Å²) in [7, 11) is 4.17. The fourth-order valence-electron chi connectivity index (χ4n) is 3.19. The highest BCUT2D eigenvalue weighted by atomic mass is 79.9. The Kier molecular flexibility index (Phi) is 6.41. The van der Waals surface area contributed by atoms with Gasteiger partial charge in [0.1, 0.15) is 16.1 Å². The molecule has 2 amide bonds. The van der Waals surface area contributed by atoms with Crippen LogP contribution in [-0.4, -0.2) is 52.6 Å². The Balaban J connectivity index is 1.69. The number of halogens is 2. The molecule has 0 saturated carbocycles. The lowest BCUT2D eigenvalue weighted by Gasteiger charge is -2.18. The lowest BCUT2D eigenvalue weighted by atomic mass is 10.2. The lowest BCUT2D eigenvalue weighted by molar-refractivity contribution is 0.0987. The molecule has 0 saturated heterocycles. The van der Waals surface area contributed by atoms with E-state index in [0.29, 0.717) is 33.0 Å². The molecular formula is C22H18BrFN6O4. The van der Waals surface area contributed by atoms with Crippen LogP contribution in [0.2, 0.25) is 0 Å². The molecule has 0 bridgehead atoms. The van der Waals surface area contributed by atoms with Crippen molar-refractivity contribution in [2.24, 2.45) is 0 Å². The highest BCUT2D eigenvalue weighted by Gasteiger charge is 2.20. The standard InChI is InChI=1S/C22H18BrFN6O4/c1-29(13-5-6-14(24)17(8-13)33-2)21(31)15-11-30-16(10-26-20(30)19(23)27-15)12-4-7-18(25-9-12)28-22(32)34-3/h4-11H,1-3H3,(H,25,28,32). The average Bonchev–Trinajstić information content (AvgIpc) is 3.28. The quantitative estimate of drug-likeness (QED) is 0.414. The summed E-state index contributed by atoms with van der Waals surface area (Å²) < 4.78 is 25.4. The van der Waals surface area contributed by atoms with Crippen molar-refractivity contribution < 1.29 is 23.5 Å². The van der Waals surface area contributed by atoms with Crippen LogP contribution in [0.25, 0.3) is 16.9 Å². The maximum absolute atomic E-state index is 13.8. The third kappa shape index (κ3) is 4.39. The Bertz CT molecular complexity index is 1390. The number of hydrogen-bond acceptors (Lipinski definition) is 7. The van der Waals surface area contributed by atoms with E-state index in [-0.39, 0.29) is 11.4 Å². The second-order valence-electron chi connectivity index (χ2n) is 6.99. The van der Waals surface area contributed by atoms with E-state index in [0.717, 1.165) is 0 Å². The number of fused-ring (bicyclic) bond motifs is 1. The fraction of sp³-hybridized carbons (Fsp3) is 0.136. The number of aromatic nitrogens is 4. The second-order valence-corrected chi connectivity index (χ2v) is 7.74. The van der Waals surface area contributed by atoms with Crippen LogP contribution in [0.1, 0.15) is 10.5 Å². The van der Waals surface area contributed by atoms with Crippen molar-refractivity contribution in [2.45, 2.75) is 0 Å². The number of hydrogen-bond donors (Lipinski definition) is 1. The van der Waals surface area contributed by atoms with Crippen LogP contribution < -0.4 is 15.0 Å². The molecule has 3 aromatic heterocycles. The van der Waals surface area contributed by atoms with E-state index in [4.69, 9.17) is 4.74 Å². The molecule has 0 atom stereocenters. The van der Waals surface area contributed by atoms with Crippen LogP contribution in [0.3, 0.4) is 0 Å². The number of amides is 2. The number of anilines is 2. The van der Waals surface area contributed by atoms with Gasteiger partial charge >= 0.3 is 6.09 Å². The molecule has 0 aliphatic heterocycles. The predicted molar refractivity (Wildman–Crippen MR) is 126 cm³/mol. The van der Waals surface area contributed by atoms with E-state index >= 15 is 0 Å². The van der Waals surface area contributed by atoms with Crippen molar-refractivity contribution >= 4 is 45.1 Å². The number of imidazole rings is 1. The summed E-state index contributed by atoms with van der Waals surface area (Å²) in [5, 5.41) is 2.48. The summed E-state index contributed by atoms with van der Waals surface area (Å²) in [5.41, 5.74) is 2.40. The zero-order valence-electron chi connectivity index (χ0n) is 18.2. The third-order valence-corrected chi connectivity index (χ3v) is 5.50. The monoisotopic (exact) mass is 528 g/mol. The smallest absolute Gasteiger partial charge is 0.412 e. The number of benzene rings is 1. The first-order valence-corrected chi connectivity index (χ1v) is 10.6. The molecule has 0 fully saturated rings. The van der Waals surface area contributed by atoms with Crippen LogP contribution in [0.5, 0.6) is 5.75 Å². The molecule has 4 rings (SSSR count). The number of pyridine rings is 1. The number of ether oxygens (including phenoxy) is 2. The van der Waals surface area contributed by atoms with Crippen molar-refractivity contribution in [1.29, 1.82) is 0 Å². The predicted octanol–water partition coefficient (Wildman–Crippen LogP) is 4.16. The summed E-state index contributed by atoms with van der Waals surface area (Å²) >= 11 is 3.37. The van der Waals surface area contributed by atoms with E-state index in [2.05, 4.69) is 40.9 Å². The number of carbonyl (C=O) groups excluding carboxylic acids is 2. The highest BCUT2D eigenvalue weighted by Crippen LogP contribution is 2.27. The normalized spacial score (nSPS) is 10.7. The lowest BCUT2D eigenvalue weighted by Crippen LogP contribution is -2.27. The Labute approximate surface area is 201 Å². The molecule has 1 aromatic carbocycles. The van der Waals surface area contributed by atoms with Gasteiger partial charge in [-0.25, -0.2) is 24.1 Å². The highest BCUT2D eigenvalue weighted by molar-refractivity contribution is 9.10. The van der Waals surface area contributed by atoms with E-state index < -0.39 is 17.8 Å². The summed E-state index contributed by atoms with van der Waals surface area (Å²) in [6.45, 7) is 0. The van der Waals surface area contributed by atoms with Crippen LogP contribution in [-0.2, 0) is 4.74 Å². The molecule has 10 nitrogen and oxygen atoms in total. The molecule has 0 radical (unpaired) electrons.